The number of thioether (sulfide) groups is 1. The lowest BCUT2D eigenvalue weighted by atomic mass is 9.99. The van der Waals surface area contributed by atoms with Crippen LogP contribution < -0.4 is 15.4 Å². The number of nitrogens with zero attached hydrogens (tertiary/aromatic N) is 5. The van der Waals surface area contributed by atoms with Crippen molar-refractivity contribution in [1.82, 2.24) is 14.3 Å². The number of hydrogen-bond acceptors (Lipinski definition) is 7. The number of amides is 1. The standard InChI is InChI=1S/C30H34FN5O2S2/c1-3-5-8-21(4-2)20-36-29(38)25(40-30(36)39)19-24-27(32-26-9-6-7-14-35(26)28(24)37)34-17-15-33(16-18-34)23-12-10-22(31)11-13-23/h6-7,9-14,19,21H,3-5,8,15-18,20H2,1-2H3. The van der Waals surface area contributed by atoms with Crippen LogP contribution in [0.4, 0.5) is 15.9 Å². The minimum Gasteiger partial charge on any atom is -0.368 e. The van der Waals surface area contributed by atoms with Gasteiger partial charge in [0, 0.05) is 44.6 Å². The smallest absolute Gasteiger partial charge is 0.267 e. The molecule has 0 saturated carbocycles. The summed E-state index contributed by atoms with van der Waals surface area (Å²) < 4.78 is 15.5. The molecule has 1 unspecified atom stereocenters. The van der Waals surface area contributed by atoms with E-state index >= 15 is 0 Å². The number of aromatic nitrogens is 2. The second-order valence-corrected chi connectivity index (χ2v) is 11.9. The van der Waals surface area contributed by atoms with Crippen LogP contribution >= 0.6 is 24.0 Å². The fraction of sp³-hybridized carbons (Fsp3) is 0.400. The van der Waals surface area contributed by atoms with E-state index < -0.39 is 0 Å². The van der Waals surface area contributed by atoms with Gasteiger partial charge in [0.25, 0.3) is 11.5 Å². The fourth-order valence-corrected chi connectivity index (χ4v) is 6.51. The number of benzene rings is 1. The minimum atomic E-state index is -0.260. The summed E-state index contributed by atoms with van der Waals surface area (Å²) in [7, 11) is 0. The Kier molecular flexibility index (Phi) is 8.85. The number of rotatable bonds is 9. The van der Waals surface area contributed by atoms with Gasteiger partial charge in [-0.2, -0.15) is 0 Å². The number of anilines is 2. The first kappa shape index (κ1) is 28.3. The predicted molar refractivity (Wildman–Crippen MR) is 165 cm³/mol. The van der Waals surface area contributed by atoms with Crippen LogP contribution in [0.15, 0.2) is 58.4 Å². The van der Waals surface area contributed by atoms with Crippen LogP contribution in [0.2, 0.25) is 0 Å². The Morgan fingerprint density at radius 1 is 1.05 bits per heavy atom. The molecule has 40 heavy (non-hydrogen) atoms. The third-order valence-electron chi connectivity index (χ3n) is 7.65. The van der Waals surface area contributed by atoms with Gasteiger partial charge < -0.3 is 9.80 Å². The van der Waals surface area contributed by atoms with Crippen LogP contribution in [-0.2, 0) is 4.79 Å². The molecule has 0 aliphatic carbocycles. The lowest BCUT2D eigenvalue weighted by molar-refractivity contribution is -0.122. The van der Waals surface area contributed by atoms with Crippen LogP contribution in [0.3, 0.4) is 0 Å². The van der Waals surface area contributed by atoms with Crippen LogP contribution in [-0.4, -0.2) is 57.2 Å². The van der Waals surface area contributed by atoms with E-state index in [0.29, 0.717) is 64.9 Å². The number of carbonyl (C=O) groups excluding carboxylic acids is 1. The Hall–Kier alpha value is -3.24. The summed E-state index contributed by atoms with van der Waals surface area (Å²) in [6, 6.07) is 12.0. The Morgan fingerprint density at radius 3 is 2.48 bits per heavy atom. The molecule has 2 aromatic heterocycles. The maximum atomic E-state index is 13.7. The molecule has 0 spiro atoms. The molecule has 0 N–H and O–H groups in total. The van der Waals surface area contributed by atoms with Gasteiger partial charge in [-0.15, -0.1) is 0 Å². The molecule has 2 saturated heterocycles. The lowest BCUT2D eigenvalue weighted by Crippen LogP contribution is -2.47. The zero-order chi connectivity index (χ0) is 28.2. The Labute approximate surface area is 243 Å². The Balaban J connectivity index is 1.44. The van der Waals surface area contributed by atoms with Crippen LogP contribution in [0.25, 0.3) is 11.7 Å². The number of hydrogen-bond donors (Lipinski definition) is 0. The van der Waals surface area contributed by atoms with Gasteiger partial charge in [0.15, 0.2) is 0 Å². The topological polar surface area (TPSA) is 61.2 Å². The highest BCUT2D eigenvalue weighted by Gasteiger charge is 2.34. The van der Waals surface area contributed by atoms with E-state index in [1.165, 1.54) is 28.3 Å². The molecular weight excluding hydrogens is 545 g/mol. The molecule has 210 valence electrons. The van der Waals surface area contributed by atoms with Crippen LogP contribution in [0.1, 0.15) is 45.1 Å². The highest BCUT2D eigenvalue weighted by Crippen LogP contribution is 2.35. The molecule has 0 radical (unpaired) electrons. The molecule has 0 bridgehead atoms. The number of piperazine rings is 1. The van der Waals surface area contributed by atoms with Gasteiger partial charge in [-0.1, -0.05) is 63.2 Å². The lowest BCUT2D eigenvalue weighted by Gasteiger charge is -2.37. The van der Waals surface area contributed by atoms with Gasteiger partial charge in [0.05, 0.1) is 10.5 Å². The highest BCUT2D eigenvalue weighted by molar-refractivity contribution is 8.26. The molecular formula is C30H34FN5O2S2. The number of thiocarbonyl (C=S) groups is 1. The number of unbranched alkanes of at least 4 members (excludes halogenated alkanes) is 1. The van der Waals surface area contributed by atoms with Crippen LogP contribution in [0.5, 0.6) is 0 Å². The number of carbonyl (C=O) groups is 1. The number of fused-ring (bicyclic) bond motifs is 1. The van der Waals surface area contributed by atoms with Crippen molar-refractivity contribution in [1.29, 1.82) is 0 Å². The molecule has 5 rings (SSSR count). The maximum absolute atomic E-state index is 13.7. The fourth-order valence-electron chi connectivity index (χ4n) is 5.25. The molecule has 3 aromatic rings. The normalized spacial score (nSPS) is 17.9. The largest absolute Gasteiger partial charge is 0.368 e. The maximum Gasteiger partial charge on any atom is 0.267 e. The zero-order valence-electron chi connectivity index (χ0n) is 22.9. The van der Waals surface area contributed by atoms with Crippen molar-refractivity contribution in [2.45, 2.75) is 39.5 Å². The zero-order valence-corrected chi connectivity index (χ0v) is 24.5. The van der Waals surface area contributed by atoms with Crippen molar-refractivity contribution in [2.75, 3.05) is 42.5 Å². The van der Waals surface area contributed by atoms with E-state index in [4.69, 9.17) is 17.2 Å². The quantitative estimate of drug-likeness (QED) is 0.242. The van der Waals surface area contributed by atoms with E-state index in [2.05, 4.69) is 23.6 Å². The first-order valence-corrected chi connectivity index (χ1v) is 15.1. The van der Waals surface area contributed by atoms with Crippen molar-refractivity contribution in [3.8, 4) is 0 Å². The average Bonchev–Trinajstić information content (AvgIpc) is 3.24. The molecule has 1 atom stereocenters. The summed E-state index contributed by atoms with van der Waals surface area (Å²) >= 11 is 6.87. The van der Waals surface area contributed by atoms with E-state index in [1.807, 2.05) is 12.1 Å². The van der Waals surface area contributed by atoms with E-state index in [1.54, 1.807) is 35.4 Å². The highest BCUT2D eigenvalue weighted by atomic mass is 32.2. The summed E-state index contributed by atoms with van der Waals surface area (Å²) in [4.78, 5) is 38.6. The first-order chi connectivity index (χ1) is 19.4. The number of halogens is 1. The minimum absolute atomic E-state index is 0.144. The SMILES string of the molecule is CCCCC(CC)CN1C(=O)C(=Cc2c(N3CCN(c4ccc(F)cc4)CC3)nc3ccccn3c2=O)SC1=S. The van der Waals surface area contributed by atoms with Crippen molar-refractivity contribution in [3.05, 3.63) is 75.3 Å². The molecule has 7 nitrogen and oxygen atoms in total. The van der Waals surface area contributed by atoms with Crippen LogP contribution in [0, 0.1) is 11.7 Å². The predicted octanol–water partition coefficient (Wildman–Crippen LogP) is 5.58. The summed E-state index contributed by atoms with van der Waals surface area (Å²) in [5.74, 6) is 0.552. The monoisotopic (exact) mass is 579 g/mol. The third-order valence-corrected chi connectivity index (χ3v) is 9.03. The first-order valence-electron chi connectivity index (χ1n) is 13.9. The molecule has 1 aromatic carbocycles. The van der Waals surface area contributed by atoms with Gasteiger partial charge in [0.2, 0.25) is 0 Å². The van der Waals surface area contributed by atoms with Gasteiger partial charge in [-0.3, -0.25) is 18.9 Å². The van der Waals surface area contributed by atoms with Crippen molar-refractivity contribution < 1.29 is 9.18 Å². The average molecular weight is 580 g/mol. The summed E-state index contributed by atoms with van der Waals surface area (Å²) in [5, 5.41) is 0. The second-order valence-electron chi connectivity index (χ2n) is 10.2. The van der Waals surface area contributed by atoms with E-state index in [-0.39, 0.29) is 17.3 Å². The second kappa shape index (κ2) is 12.5. The third kappa shape index (κ3) is 5.93. The molecule has 2 aliphatic rings. The Morgan fingerprint density at radius 2 is 1.77 bits per heavy atom. The molecule has 2 aliphatic heterocycles. The van der Waals surface area contributed by atoms with Crippen molar-refractivity contribution >= 4 is 57.4 Å². The molecule has 10 heteroatoms. The molecule has 2 fully saturated rings. The van der Waals surface area contributed by atoms with Gasteiger partial charge in [-0.25, -0.2) is 9.37 Å². The summed E-state index contributed by atoms with van der Waals surface area (Å²) in [6.07, 6.45) is 7.67. The van der Waals surface area contributed by atoms with E-state index in [0.717, 1.165) is 31.4 Å². The van der Waals surface area contributed by atoms with E-state index in [9.17, 15) is 14.0 Å². The number of pyridine rings is 1. The van der Waals surface area contributed by atoms with Gasteiger partial charge in [0.1, 0.15) is 21.6 Å². The molecule has 1 amide bonds. The van der Waals surface area contributed by atoms with Crippen molar-refractivity contribution in [2.24, 2.45) is 5.92 Å². The summed E-state index contributed by atoms with van der Waals surface area (Å²) in [5.41, 5.74) is 1.68. The Bertz CT molecular complexity index is 1480. The van der Waals surface area contributed by atoms with Gasteiger partial charge >= 0.3 is 0 Å². The molecule has 4 heterocycles. The summed E-state index contributed by atoms with van der Waals surface area (Å²) in [6.45, 7) is 7.57. The van der Waals surface area contributed by atoms with Gasteiger partial charge in [-0.05, 0) is 54.8 Å². The van der Waals surface area contributed by atoms with Crippen molar-refractivity contribution in [3.63, 3.8) is 0 Å².